The van der Waals surface area contributed by atoms with Crippen molar-refractivity contribution in [3.63, 3.8) is 0 Å². The Morgan fingerprint density at radius 3 is 1.19 bits per heavy atom. The number of fused-ring (bicyclic) bond motifs is 1. The van der Waals surface area contributed by atoms with Gasteiger partial charge < -0.3 is 40.0 Å². The highest BCUT2D eigenvalue weighted by atomic mass is 16.3. The second-order valence-corrected chi connectivity index (χ2v) is 7.13. The third kappa shape index (κ3) is 6.05. The van der Waals surface area contributed by atoms with Gasteiger partial charge in [-0.2, -0.15) is 9.97 Å². The molecule has 4 N–H and O–H groups in total. The molecule has 0 saturated carbocycles. The van der Waals surface area contributed by atoms with E-state index < -0.39 is 151 Å². The monoisotopic (exact) mass is 524 g/mol. The number of piperidine rings is 2. The summed E-state index contributed by atoms with van der Waals surface area (Å²) in [7, 11) is 0. The highest BCUT2D eigenvalue weighted by Crippen LogP contribution is 2.34. The lowest BCUT2D eigenvalue weighted by Gasteiger charge is -2.33. The highest BCUT2D eigenvalue weighted by molar-refractivity contribution is 5.95. The van der Waals surface area contributed by atoms with Crippen LogP contribution in [0.15, 0.2) is 0 Å². The Bertz CT molecular complexity index is 1610. The zero-order valence-electron chi connectivity index (χ0n) is 39.0. The molecule has 0 aromatic carbocycles. The van der Waals surface area contributed by atoms with Crippen LogP contribution in [0.5, 0.6) is 0 Å². The van der Waals surface area contributed by atoms with Gasteiger partial charge in [-0.1, -0.05) is 0 Å². The molecule has 0 radical (unpaired) electrons. The van der Waals surface area contributed by atoms with Crippen LogP contribution >= 0.6 is 0 Å². The average Bonchev–Trinajstić information content (AvgIpc) is 3.06. The molecule has 12 nitrogen and oxygen atoms in total. The second-order valence-electron chi connectivity index (χ2n) is 7.13. The van der Waals surface area contributed by atoms with E-state index in [-0.39, 0.29) is 9.80 Å². The summed E-state index contributed by atoms with van der Waals surface area (Å²) in [6.45, 7) is -20.7. The van der Waals surface area contributed by atoms with Crippen LogP contribution in [0.25, 0.3) is 11.0 Å². The number of aromatic nitrogens is 4. The van der Waals surface area contributed by atoms with E-state index >= 15 is 0 Å². The van der Waals surface area contributed by atoms with Crippen molar-refractivity contribution in [3.8, 4) is 0 Å². The summed E-state index contributed by atoms with van der Waals surface area (Å²) < 4.78 is 172. The Morgan fingerprint density at radius 1 is 0.556 bits per heavy atom. The molecule has 0 amide bonds. The van der Waals surface area contributed by atoms with Crippen LogP contribution in [0, 0.1) is 0 Å². The first-order valence-electron chi connectivity index (χ1n) is 20.9. The predicted molar refractivity (Wildman–Crippen MR) is 140 cm³/mol. The van der Waals surface area contributed by atoms with Crippen molar-refractivity contribution < 1.29 is 47.8 Å². The van der Waals surface area contributed by atoms with Crippen molar-refractivity contribution in [2.75, 3.05) is 98.2 Å². The van der Waals surface area contributed by atoms with Crippen LogP contribution in [0.4, 0.5) is 23.5 Å². The van der Waals surface area contributed by atoms with E-state index in [0.717, 1.165) is 9.80 Å². The third-order valence-electron chi connectivity index (χ3n) is 4.87. The molecule has 4 rings (SSSR count). The molecule has 2 aliphatic rings. The lowest BCUT2D eigenvalue weighted by Crippen LogP contribution is -2.36. The zero-order valence-corrected chi connectivity index (χ0v) is 19.0. The summed E-state index contributed by atoms with van der Waals surface area (Å²) in [6, 6.07) is 0. The van der Waals surface area contributed by atoms with E-state index in [1.807, 2.05) is 0 Å². The lowest BCUT2D eigenvalue weighted by molar-refractivity contribution is 0.279. The maximum Gasteiger partial charge on any atom is 0.228 e. The van der Waals surface area contributed by atoms with E-state index in [0.29, 0.717) is 0 Å². The maximum atomic E-state index is 9.83. The van der Waals surface area contributed by atoms with Gasteiger partial charge in [-0.05, 0) is 38.2 Å². The van der Waals surface area contributed by atoms with E-state index in [2.05, 4.69) is 19.9 Å². The van der Waals surface area contributed by atoms with E-state index in [1.54, 1.807) is 0 Å². The number of aliphatic hydroxyl groups excluding tert-OH is 4. The molecule has 2 aromatic heterocycles. The molecule has 0 spiro atoms. The van der Waals surface area contributed by atoms with Gasteiger partial charge in [-0.25, -0.2) is 9.97 Å². The minimum atomic E-state index is -3.97. The SMILES string of the molecule is [2H]C1([2H])N(c2nc(N(CCO)CCO)nc3c(N4C([2H])([2H])C([2H])([2H])C([2H])([2H])C([2H])([2H])C4([2H])[2H])nc(N(CCO)CCO)nc23)C([2H])([2H])C([2H])([2H])C([2H])([2H])C1([2H])[2H]. The smallest absolute Gasteiger partial charge is 0.228 e. The van der Waals surface area contributed by atoms with Gasteiger partial charge in [0.15, 0.2) is 11.6 Å². The van der Waals surface area contributed by atoms with Gasteiger partial charge in [0.2, 0.25) is 11.9 Å². The van der Waals surface area contributed by atoms with E-state index in [9.17, 15) is 20.4 Å². The number of hydrogen-bond donors (Lipinski definition) is 4. The fourth-order valence-electron chi connectivity index (χ4n) is 3.33. The molecule has 0 aliphatic carbocycles. The first kappa shape index (κ1) is 11.1. The van der Waals surface area contributed by atoms with Gasteiger partial charge in [0.1, 0.15) is 11.0 Å². The molecule has 200 valence electrons. The molecule has 4 heterocycles. The molecule has 36 heavy (non-hydrogen) atoms. The Kier molecular flexibility index (Phi) is 4.03. The van der Waals surface area contributed by atoms with Crippen LogP contribution in [-0.4, -0.2) is 119 Å². The number of hydrogen-bond acceptors (Lipinski definition) is 12. The van der Waals surface area contributed by atoms with Gasteiger partial charge in [0, 0.05) is 79.6 Å². The maximum absolute atomic E-state index is 9.83. The van der Waals surface area contributed by atoms with Gasteiger partial charge in [0.25, 0.3) is 0 Å². The Morgan fingerprint density at radius 2 is 0.889 bits per heavy atom. The summed E-state index contributed by atoms with van der Waals surface area (Å²) in [5, 5.41) is 39.3. The largest absolute Gasteiger partial charge is 0.395 e. The van der Waals surface area contributed by atoms with Crippen LogP contribution in [0.3, 0.4) is 0 Å². The molecule has 2 aliphatic heterocycles. The number of rotatable bonds is 12. The summed E-state index contributed by atoms with van der Waals surface area (Å²) in [6.07, 6.45) is -23.8. The molecule has 0 unspecified atom stereocenters. The Hall–Kier alpha value is -2.54. The molecule has 12 heteroatoms. The van der Waals surface area contributed by atoms with Crippen molar-refractivity contribution in [1.82, 2.24) is 19.9 Å². The molecule has 0 bridgehead atoms. The topological polar surface area (TPSA) is 145 Å². The summed E-state index contributed by atoms with van der Waals surface area (Å²) in [4.78, 5) is 18.0. The van der Waals surface area contributed by atoms with Gasteiger partial charge >= 0.3 is 0 Å². The highest BCUT2D eigenvalue weighted by Gasteiger charge is 2.27. The van der Waals surface area contributed by atoms with Gasteiger partial charge in [0.05, 0.1) is 26.4 Å². The molecule has 0 atom stereocenters. The van der Waals surface area contributed by atoms with Crippen LogP contribution in [0.2, 0.25) is 0 Å². The standard InChI is InChI=1S/C24H40N8O4/c33-15-11-31(12-16-34)23-26-20-19(21(27-23)29-7-3-1-4-8-29)25-24(32(13-17-35)14-18-36)28-22(20)30-9-5-2-6-10-30/h33-36H,1-18H2/i1D2,2D2,3D2,4D2,5D2,6D2,7D2,8D2,9D2,10D2. The van der Waals surface area contributed by atoms with Crippen molar-refractivity contribution in [3.05, 3.63) is 0 Å². The zero-order chi connectivity index (χ0) is 43.3. The van der Waals surface area contributed by atoms with Crippen LogP contribution in [0.1, 0.15) is 65.7 Å². The number of nitrogens with zero attached hydrogens (tertiary/aromatic N) is 8. The van der Waals surface area contributed by atoms with Crippen molar-refractivity contribution in [1.29, 1.82) is 0 Å². The van der Waals surface area contributed by atoms with Crippen LogP contribution in [-0.2, 0) is 0 Å². The first-order chi connectivity index (χ1) is 25.2. The minimum absolute atomic E-state index is 0.259. The number of aliphatic hydroxyl groups is 4. The van der Waals surface area contributed by atoms with Crippen molar-refractivity contribution in [2.45, 2.75) is 38.2 Å². The average molecular weight is 525 g/mol. The fraction of sp³-hybridized carbons (Fsp3) is 0.750. The molecular formula is C24H40N8O4. The van der Waals surface area contributed by atoms with E-state index in [4.69, 9.17) is 27.4 Å². The molecule has 2 saturated heterocycles. The summed E-state index contributed by atoms with van der Waals surface area (Å²) in [5.41, 5.74) is -2.07. The van der Waals surface area contributed by atoms with E-state index in [1.165, 1.54) is 0 Å². The Labute approximate surface area is 240 Å². The number of anilines is 4. The molecular weight excluding hydrogens is 464 g/mol. The normalized spacial score (nSPS) is 38.8. The fourth-order valence-corrected chi connectivity index (χ4v) is 3.33. The second kappa shape index (κ2) is 13.1. The summed E-state index contributed by atoms with van der Waals surface area (Å²) in [5.74, 6) is -4.11. The lowest BCUT2D eigenvalue weighted by atomic mass is 10.1. The first-order valence-corrected chi connectivity index (χ1v) is 10.9. The van der Waals surface area contributed by atoms with Crippen molar-refractivity contribution >= 4 is 34.6 Å². The van der Waals surface area contributed by atoms with Gasteiger partial charge in [-0.15, -0.1) is 0 Å². The quantitative estimate of drug-likeness (QED) is 0.296. The van der Waals surface area contributed by atoms with Gasteiger partial charge in [-0.3, -0.25) is 0 Å². The molecule has 2 fully saturated rings. The molecule has 2 aromatic rings. The summed E-state index contributed by atoms with van der Waals surface area (Å²) >= 11 is 0. The van der Waals surface area contributed by atoms with Crippen molar-refractivity contribution in [2.24, 2.45) is 0 Å². The Balaban J connectivity index is 2.38. The predicted octanol–water partition coefficient (Wildman–Crippen LogP) is -0.0176. The van der Waals surface area contributed by atoms with Crippen LogP contribution < -0.4 is 19.6 Å². The minimum Gasteiger partial charge on any atom is -0.395 e. The third-order valence-corrected chi connectivity index (χ3v) is 4.87.